The number of rotatable bonds is 5. The first-order valence-electron chi connectivity index (χ1n) is 7.22. The SMILES string of the molecule is CSc1nnc(NS(=O)(=O)c2ccc(N3CCCC3=O)c(C)c2)s1. The predicted octanol–water partition coefficient (Wildman–Crippen LogP) is 2.50. The van der Waals surface area contributed by atoms with Crippen molar-refractivity contribution in [1.82, 2.24) is 10.2 Å². The molecular formula is C14H16N4O3S3. The van der Waals surface area contributed by atoms with E-state index in [9.17, 15) is 13.2 Å². The predicted molar refractivity (Wildman–Crippen MR) is 95.3 cm³/mol. The molecule has 128 valence electrons. The minimum Gasteiger partial charge on any atom is -0.312 e. The van der Waals surface area contributed by atoms with Gasteiger partial charge in [-0.25, -0.2) is 8.42 Å². The van der Waals surface area contributed by atoms with E-state index < -0.39 is 10.0 Å². The molecular weight excluding hydrogens is 368 g/mol. The van der Waals surface area contributed by atoms with Gasteiger partial charge in [0.25, 0.3) is 10.0 Å². The zero-order valence-electron chi connectivity index (χ0n) is 13.1. The minimum absolute atomic E-state index is 0.0743. The number of nitrogens with one attached hydrogen (secondary N) is 1. The van der Waals surface area contributed by atoms with E-state index in [4.69, 9.17) is 0 Å². The smallest absolute Gasteiger partial charge is 0.263 e. The van der Waals surface area contributed by atoms with Gasteiger partial charge in [-0.3, -0.25) is 9.52 Å². The molecule has 0 atom stereocenters. The molecule has 0 radical (unpaired) electrons. The minimum atomic E-state index is -3.74. The number of hydrogen-bond acceptors (Lipinski definition) is 7. The lowest BCUT2D eigenvalue weighted by molar-refractivity contribution is -0.117. The van der Waals surface area contributed by atoms with E-state index in [-0.39, 0.29) is 15.9 Å². The average molecular weight is 385 g/mol. The lowest BCUT2D eigenvalue weighted by Crippen LogP contribution is -2.24. The Balaban J connectivity index is 1.85. The molecule has 1 aliphatic rings. The number of anilines is 2. The highest BCUT2D eigenvalue weighted by molar-refractivity contribution is 8.00. The van der Waals surface area contributed by atoms with Gasteiger partial charge in [-0.05, 0) is 43.4 Å². The van der Waals surface area contributed by atoms with Crippen LogP contribution in [0.5, 0.6) is 0 Å². The highest BCUT2D eigenvalue weighted by atomic mass is 32.2. The number of sulfonamides is 1. The number of aryl methyl sites for hydroxylation is 1. The van der Waals surface area contributed by atoms with Crippen LogP contribution >= 0.6 is 23.1 Å². The molecule has 7 nitrogen and oxygen atoms in total. The van der Waals surface area contributed by atoms with E-state index in [1.165, 1.54) is 29.2 Å². The highest BCUT2D eigenvalue weighted by Gasteiger charge is 2.24. The van der Waals surface area contributed by atoms with Crippen molar-refractivity contribution in [1.29, 1.82) is 0 Å². The normalized spacial score (nSPS) is 15.1. The van der Waals surface area contributed by atoms with Gasteiger partial charge < -0.3 is 4.90 Å². The molecule has 2 heterocycles. The molecule has 2 aromatic rings. The zero-order chi connectivity index (χ0) is 17.3. The summed E-state index contributed by atoms with van der Waals surface area (Å²) < 4.78 is 28.1. The number of hydrogen-bond donors (Lipinski definition) is 1. The van der Waals surface area contributed by atoms with Crippen LogP contribution in [-0.4, -0.2) is 37.3 Å². The Morgan fingerprint density at radius 2 is 2.12 bits per heavy atom. The Morgan fingerprint density at radius 3 is 2.71 bits per heavy atom. The number of aromatic nitrogens is 2. The van der Waals surface area contributed by atoms with Crippen molar-refractivity contribution in [2.75, 3.05) is 22.4 Å². The molecule has 0 bridgehead atoms. The van der Waals surface area contributed by atoms with Gasteiger partial charge in [0.15, 0.2) is 4.34 Å². The summed E-state index contributed by atoms with van der Waals surface area (Å²) in [6.45, 7) is 2.48. The molecule has 10 heteroatoms. The largest absolute Gasteiger partial charge is 0.312 e. The van der Waals surface area contributed by atoms with Crippen LogP contribution in [0.1, 0.15) is 18.4 Å². The maximum atomic E-state index is 12.5. The van der Waals surface area contributed by atoms with Gasteiger partial charge in [0.2, 0.25) is 11.0 Å². The molecule has 1 aromatic carbocycles. The van der Waals surface area contributed by atoms with E-state index >= 15 is 0 Å². The topological polar surface area (TPSA) is 92.3 Å². The maximum Gasteiger partial charge on any atom is 0.263 e. The van der Waals surface area contributed by atoms with Crippen molar-refractivity contribution >= 4 is 49.8 Å². The molecule has 24 heavy (non-hydrogen) atoms. The van der Waals surface area contributed by atoms with Gasteiger partial charge >= 0.3 is 0 Å². The number of amides is 1. The van der Waals surface area contributed by atoms with Crippen LogP contribution in [0, 0.1) is 6.92 Å². The van der Waals surface area contributed by atoms with Crippen molar-refractivity contribution in [2.24, 2.45) is 0 Å². The van der Waals surface area contributed by atoms with E-state index in [0.29, 0.717) is 17.3 Å². The van der Waals surface area contributed by atoms with Crippen LogP contribution in [0.3, 0.4) is 0 Å². The van der Waals surface area contributed by atoms with Gasteiger partial charge in [-0.2, -0.15) is 0 Å². The van der Waals surface area contributed by atoms with Crippen LogP contribution in [0.25, 0.3) is 0 Å². The molecule has 0 unspecified atom stereocenters. The first kappa shape index (κ1) is 17.2. The first-order valence-corrected chi connectivity index (χ1v) is 10.7. The fourth-order valence-electron chi connectivity index (χ4n) is 2.51. The fraction of sp³-hybridized carbons (Fsp3) is 0.357. The molecule has 1 N–H and O–H groups in total. The van der Waals surface area contributed by atoms with E-state index in [1.807, 2.05) is 6.26 Å². The number of carbonyl (C=O) groups is 1. The molecule has 1 fully saturated rings. The summed E-state index contributed by atoms with van der Waals surface area (Å²) in [4.78, 5) is 13.7. The first-order chi connectivity index (χ1) is 11.4. The van der Waals surface area contributed by atoms with Crippen molar-refractivity contribution in [3.63, 3.8) is 0 Å². The van der Waals surface area contributed by atoms with E-state index in [2.05, 4.69) is 14.9 Å². The molecule has 1 amide bonds. The Kier molecular flexibility index (Phi) is 4.79. The third-order valence-electron chi connectivity index (χ3n) is 3.65. The van der Waals surface area contributed by atoms with Crippen LogP contribution in [0.15, 0.2) is 27.4 Å². The molecule has 0 spiro atoms. The molecule has 0 aliphatic carbocycles. The van der Waals surface area contributed by atoms with E-state index in [0.717, 1.165) is 17.7 Å². The summed E-state index contributed by atoms with van der Waals surface area (Å²) in [6, 6.07) is 4.76. The van der Waals surface area contributed by atoms with Crippen molar-refractivity contribution in [3.05, 3.63) is 23.8 Å². The fourth-order valence-corrected chi connectivity index (χ4v) is 4.99. The third-order valence-corrected chi connectivity index (χ3v) is 6.93. The van der Waals surface area contributed by atoms with E-state index in [1.54, 1.807) is 24.0 Å². The monoisotopic (exact) mass is 384 g/mol. The molecule has 0 saturated carbocycles. The van der Waals surface area contributed by atoms with Crippen LogP contribution in [-0.2, 0) is 14.8 Å². The number of thioether (sulfide) groups is 1. The maximum absolute atomic E-state index is 12.5. The Morgan fingerprint density at radius 1 is 1.33 bits per heavy atom. The zero-order valence-corrected chi connectivity index (χ0v) is 15.6. The lowest BCUT2D eigenvalue weighted by Gasteiger charge is -2.19. The quantitative estimate of drug-likeness (QED) is 0.796. The summed E-state index contributed by atoms with van der Waals surface area (Å²) in [5, 5.41) is 7.91. The van der Waals surface area contributed by atoms with Gasteiger partial charge in [-0.15, -0.1) is 10.2 Å². The van der Waals surface area contributed by atoms with Gasteiger partial charge in [0.05, 0.1) is 4.90 Å². The average Bonchev–Trinajstić information content (AvgIpc) is 3.15. The van der Waals surface area contributed by atoms with Crippen molar-refractivity contribution in [2.45, 2.75) is 29.0 Å². The number of benzene rings is 1. The summed E-state index contributed by atoms with van der Waals surface area (Å²) in [7, 11) is -3.74. The molecule has 1 aliphatic heterocycles. The second kappa shape index (κ2) is 6.69. The standard InChI is InChI=1S/C14H16N4O3S3/c1-9-8-10(5-6-11(9)18-7-3-4-12(18)19)24(20,21)17-13-15-16-14(22-2)23-13/h5-6,8H,3-4,7H2,1-2H3,(H,15,17). The van der Waals surface area contributed by atoms with Gasteiger partial charge in [0.1, 0.15) is 0 Å². The highest BCUT2D eigenvalue weighted by Crippen LogP contribution is 2.29. The van der Waals surface area contributed by atoms with Crippen LogP contribution in [0.4, 0.5) is 10.8 Å². The van der Waals surface area contributed by atoms with Gasteiger partial charge in [-0.1, -0.05) is 23.1 Å². The second-order valence-corrected chi connectivity index (χ2v) is 8.99. The third kappa shape index (κ3) is 3.40. The number of nitrogens with zero attached hydrogens (tertiary/aromatic N) is 3. The van der Waals surface area contributed by atoms with Crippen molar-refractivity contribution < 1.29 is 13.2 Å². The van der Waals surface area contributed by atoms with Gasteiger partial charge in [0, 0.05) is 18.7 Å². The summed E-state index contributed by atoms with van der Waals surface area (Å²) in [5.41, 5.74) is 1.51. The summed E-state index contributed by atoms with van der Waals surface area (Å²) in [6.07, 6.45) is 3.21. The van der Waals surface area contributed by atoms with Crippen LogP contribution in [0.2, 0.25) is 0 Å². The Bertz CT molecular complexity index is 879. The lowest BCUT2D eigenvalue weighted by atomic mass is 10.2. The second-order valence-electron chi connectivity index (χ2n) is 5.28. The summed E-state index contributed by atoms with van der Waals surface area (Å²) >= 11 is 2.58. The molecule has 1 aromatic heterocycles. The Hall–Kier alpha value is -1.65. The summed E-state index contributed by atoms with van der Waals surface area (Å²) in [5.74, 6) is 0.0743. The Labute approximate surface area is 148 Å². The van der Waals surface area contributed by atoms with Crippen LogP contribution < -0.4 is 9.62 Å². The number of carbonyl (C=O) groups excluding carboxylic acids is 1. The molecule has 3 rings (SSSR count). The van der Waals surface area contributed by atoms with Crippen molar-refractivity contribution in [3.8, 4) is 0 Å². The molecule has 1 saturated heterocycles.